The second-order valence-corrected chi connectivity index (χ2v) is 6.48. The van der Waals surface area contributed by atoms with Gasteiger partial charge in [-0.15, -0.1) is 0 Å². The molecule has 1 heterocycles. The van der Waals surface area contributed by atoms with Crippen molar-refractivity contribution in [2.24, 2.45) is 0 Å². The van der Waals surface area contributed by atoms with Crippen LogP contribution >= 0.6 is 23.2 Å². The summed E-state index contributed by atoms with van der Waals surface area (Å²) in [4.78, 5) is 35.6. The first-order valence-corrected chi connectivity index (χ1v) is 8.80. The smallest absolute Gasteiger partial charge is 0.341 e. The summed E-state index contributed by atoms with van der Waals surface area (Å²) in [5.74, 6) is -1.26. The molecule has 0 bridgehead atoms. The summed E-state index contributed by atoms with van der Waals surface area (Å²) >= 11 is 11.8. The van der Waals surface area contributed by atoms with Crippen LogP contribution in [0.15, 0.2) is 34.8 Å². The molecule has 1 atom stereocenters. The molecule has 28 heavy (non-hydrogen) atoms. The van der Waals surface area contributed by atoms with E-state index in [1.54, 1.807) is 13.0 Å². The molecule has 1 aromatic carbocycles. The molecule has 1 N–H and O–H groups in total. The maximum atomic E-state index is 12.1. The summed E-state index contributed by atoms with van der Waals surface area (Å²) in [5, 5.41) is 3.23. The Labute approximate surface area is 171 Å². The summed E-state index contributed by atoms with van der Waals surface area (Å²) in [6.45, 7) is 3.01. The van der Waals surface area contributed by atoms with Crippen molar-refractivity contribution in [3.63, 3.8) is 0 Å². The molecule has 2 rings (SSSR count). The summed E-state index contributed by atoms with van der Waals surface area (Å²) < 4.78 is 15.0. The number of rotatable bonds is 6. The van der Waals surface area contributed by atoms with E-state index >= 15 is 0 Å². The van der Waals surface area contributed by atoms with Crippen molar-refractivity contribution in [2.45, 2.75) is 20.0 Å². The zero-order valence-electron chi connectivity index (χ0n) is 15.2. The van der Waals surface area contributed by atoms with Gasteiger partial charge in [-0.3, -0.25) is 4.79 Å². The number of hydrogen-bond donors (Lipinski definition) is 1. The maximum Gasteiger partial charge on any atom is 0.341 e. The number of carbonyl (C=O) groups is 3. The van der Waals surface area contributed by atoms with E-state index in [1.165, 1.54) is 38.3 Å². The molecule has 2 aromatic rings. The minimum absolute atomic E-state index is 0.253. The number of benzene rings is 1. The number of anilines is 1. The summed E-state index contributed by atoms with van der Waals surface area (Å²) in [6.07, 6.45) is 1.33. The fourth-order valence-corrected chi connectivity index (χ4v) is 2.60. The third-order valence-electron chi connectivity index (χ3n) is 3.58. The summed E-state index contributed by atoms with van der Waals surface area (Å²) in [5.41, 5.74) is 0.596. The lowest BCUT2D eigenvalue weighted by Gasteiger charge is -2.13. The fourth-order valence-electron chi connectivity index (χ4n) is 2.14. The quantitative estimate of drug-likeness (QED) is 0.548. The first-order chi connectivity index (χ1) is 13.2. The summed E-state index contributed by atoms with van der Waals surface area (Å²) in [7, 11) is 1.26. The first kappa shape index (κ1) is 21.5. The second kappa shape index (κ2) is 9.43. The molecule has 1 amide bonds. The van der Waals surface area contributed by atoms with Crippen molar-refractivity contribution in [2.75, 3.05) is 12.4 Å². The number of halogens is 2. The van der Waals surface area contributed by atoms with E-state index in [0.717, 1.165) is 6.08 Å². The monoisotopic (exact) mass is 425 g/mol. The number of aryl methyl sites for hydroxylation is 1. The highest BCUT2D eigenvalue weighted by molar-refractivity contribution is 6.36. The van der Waals surface area contributed by atoms with Gasteiger partial charge in [-0.1, -0.05) is 23.2 Å². The van der Waals surface area contributed by atoms with Crippen molar-refractivity contribution < 1.29 is 28.3 Å². The van der Waals surface area contributed by atoms with Crippen molar-refractivity contribution in [1.82, 2.24) is 0 Å². The van der Waals surface area contributed by atoms with Gasteiger partial charge in [-0.2, -0.15) is 0 Å². The zero-order chi connectivity index (χ0) is 20.8. The fraction of sp³-hybridized carbons (Fsp3) is 0.211. The molecule has 9 heteroatoms. The van der Waals surface area contributed by atoms with Crippen molar-refractivity contribution >= 4 is 52.8 Å². The Morgan fingerprint density at radius 1 is 1.21 bits per heavy atom. The number of ether oxygens (including phenoxy) is 2. The van der Waals surface area contributed by atoms with Gasteiger partial charge in [0.05, 0.1) is 17.8 Å². The lowest BCUT2D eigenvalue weighted by atomic mass is 10.2. The van der Waals surface area contributed by atoms with Gasteiger partial charge in [-0.05, 0) is 44.2 Å². The van der Waals surface area contributed by atoms with E-state index < -0.39 is 23.9 Å². The topological polar surface area (TPSA) is 94.8 Å². The van der Waals surface area contributed by atoms with Crippen molar-refractivity contribution in [3.8, 4) is 0 Å². The normalized spacial score (nSPS) is 11.9. The number of nitrogens with one attached hydrogen (secondary N) is 1. The Balaban J connectivity index is 1.95. The van der Waals surface area contributed by atoms with Crippen LogP contribution in [0.4, 0.5) is 5.69 Å². The molecule has 0 saturated carbocycles. The molecular weight excluding hydrogens is 409 g/mol. The molecule has 0 spiro atoms. The first-order valence-electron chi connectivity index (χ1n) is 8.04. The van der Waals surface area contributed by atoms with Crippen LogP contribution in [0, 0.1) is 6.92 Å². The average molecular weight is 426 g/mol. The Morgan fingerprint density at radius 2 is 1.93 bits per heavy atom. The van der Waals surface area contributed by atoms with Crippen molar-refractivity contribution in [3.05, 3.63) is 57.5 Å². The molecule has 0 radical (unpaired) electrons. The van der Waals surface area contributed by atoms with Crippen LogP contribution in [0.1, 0.15) is 28.8 Å². The SMILES string of the molecule is COC(=O)c1cc(C=CC(=O)OC(C)C(=O)Nc2ccc(Cl)cc2Cl)oc1C. The van der Waals surface area contributed by atoms with Gasteiger partial charge in [0.1, 0.15) is 17.1 Å². The largest absolute Gasteiger partial charge is 0.465 e. The van der Waals surface area contributed by atoms with Crippen molar-refractivity contribution in [1.29, 1.82) is 0 Å². The molecule has 0 aliphatic rings. The standard InChI is InChI=1S/C19H17Cl2NO6/c1-10-14(19(25)26-3)9-13(27-10)5-7-17(23)28-11(2)18(24)22-16-6-4-12(20)8-15(16)21/h4-9,11H,1-3H3,(H,22,24). The number of esters is 2. The lowest BCUT2D eigenvalue weighted by molar-refractivity contribution is -0.148. The molecule has 148 valence electrons. The third-order valence-corrected chi connectivity index (χ3v) is 4.12. The van der Waals surface area contributed by atoms with Gasteiger partial charge in [0, 0.05) is 11.1 Å². The second-order valence-electron chi connectivity index (χ2n) is 5.64. The molecule has 1 aromatic heterocycles. The van der Waals surface area contributed by atoms with E-state index in [9.17, 15) is 14.4 Å². The maximum absolute atomic E-state index is 12.1. The highest BCUT2D eigenvalue weighted by Gasteiger charge is 2.18. The van der Waals surface area contributed by atoms with E-state index in [0.29, 0.717) is 16.5 Å². The van der Waals surface area contributed by atoms with Crippen LogP contribution in [-0.4, -0.2) is 31.1 Å². The highest BCUT2D eigenvalue weighted by atomic mass is 35.5. The number of hydrogen-bond acceptors (Lipinski definition) is 6. The Bertz CT molecular complexity index is 935. The van der Waals surface area contributed by atoms with Gasteiger partial charge >= 0.3 is 11.9 Å². The molecular formula is C19H17Cl2NO6. The molecule has 0 aliphatic carbocycles. The van der Waals surface area contributed by atoms with E-state index in [1.807, 2.05) is 0 Å². The predicted molar refractivity (Wildman–Crippen MR) is 104 cm³/mol. The minimum Gasteiger partial charge on any atom is -0.465 e. The number of carbonyl (C=O) groups excluding carboxylic acids is 3. The van der Waals surface area contributed by atoms with Gasteiger partial charge in [0.25, 0.3) is 5.91 Å². The van der Waals surface area contributed by atoms with Crippen LogP contribution in [0.5, 0.6) is 0 Å². The van der Waals surface area contributed by atoms with Crippen LogP contribution in [0.3, 0.4) is 0 Å². The Kier molecular flexibility index (Phi) is 7.25. The minimum atomic E-state index is -1.08. The van der Waals surface area contributed by atoms with Crippen LogP contribution in [0.25, 0.3) is 6.08 Å². The Morgan fingerprint density at radius 3 is 2.57 bits per heavy atom. The molecule has 0 aliphatic heterocycles. The number of methoxy groups -OCH3 is 1. The lowest BCUT2D eigenvalue weighted by Crippen LogP contribution is -2.29. The number of amides is 1. The number of furan rings is 1. The molecule has 1 unspecified atom stereocenters. The molecule has 0 saturated heterocycles. The van der Waals surface area contributed by atoms with Gasteiger partial charge in [0.2, 0.25) is 0 Å². The van der Waals surface area contributed by atoms with Gasteiger partial charge in [-0.25, -0.2) is 9.59 Å². The third kappa shape index (κ3) is 5.61. The average Bonchev–Trinajstić information content (AvgIpc) is 3.02. The van der Waals surface area contributed by atoms with Crippen LogP contribution < -0.4 is 5.32 Å². The van der Waals surface area contributed by atoms with E-state index in [2.05, 4.69) is 10.1 Å². The highest BCUT2D eigenvalue weighted by Crippen LogP contribution is 2.25. The Hall–Kier alpha value is -2.77. The van der Waals surface area contributed by atoms with E-state index in [4.69, 9.17) is 32.4 Å². The predicted octanol–water partition coefficient (Wildman–Crippen LogP) is 4.27. The van der Waals surface area contributed by atoms with Crippen LogP contribution in [0.2, 0.25) is 10.0 Å². The van der Waals surface area contributed by atoms with Crippen LogP contribution in [-0.2, 0) is 19.1 Å². The molecule has 7 nitrogen and oxygen atoms in total. The van der Waals surface area contributed by atoms with Gasteiger partial charge < -0.3 is 19.2 Å². The van der Waals surface area contributed by atoms with E-state index in [-0.39, 0.29) is 16.3 Å². The van der Waals surface area contributed by atoms with Gasteiger partial charge in [0.15, 0.2) is 6.10 Å². The molecule has 0 fully saturated rings. The summed E-state index contributed by atoms with van der Waals surface area (Å²) in [6, 6.07) is 6.02. The zero-order valence-corrected chi connectivity index (χ0v) is 16.8.